The van der Waals surface area contributed by atoms with E-state index >= 15 is 0 Å². The molecule has 6 heteroatoms. The van der Waals surface area contributed by atoms with Gasteiger partial charge in [-0.15, -0.1) is 0 Å². The summed E-state index contributed by atoms with van der Waals surface area (Å²) in [5.41, 5.74) is 3.85. The largest absolute Gasteiger partial charge is 0.379 e. The highest BCUT2D eigenvalue weighted by Gasteiger charge is 2.15. The molecule has 1 aliphatic heterocycles. The van der Waals surface area contributed by atoms with Crippen LogP contribution in [0.3, 0.4) is 0 Å². The van der Waals surface area contributed by atoms with Crippen LogP contribution in [-0.4, -0.2) is 57.0 Å². The summed E-state index contributed by atoms with van der Waals surface area (Å²) in [6.45, 7) is 6.15. The van der Waals surface area contributed by atoms with Gasteiger partial charge in [0.15, 0.2) is 5.96 Å². The van der Waals surface area contributed by atoms with E-state index in [0.717, 1.165) is 58.1 Å². The van der Waals surface area contributed by atoms with Gasteiger partial charge in [0, 0.05) is 50.5 Å². The lowest BCUT2D eigenvalue weighted by Crippen LogP contribution is -2.39. The Labute approximate surface area is 155 Å². The summed E-state index contributed by atoms with van der Waals surface area (Å²) in [5.74, 6) is 0.838. The van der Waals surface area contributed by atoms with Gasteiger partial charge in [0.1, 0.15) is 0 Å². The molecule has 1 aromatic carbocycles. The van der Waals surface area contributed by atoms with Crippen LogP contribution in [0.15, 0.2) is 29.4 Å². The van der Waals surface area contributed by atoms with E-state index in [1.165, 1.54) is 22.0 Å². The summed E-state index contributed by atoms with van der Waals surface area (Å²) in [4.78, 5) is 7.67. The van der Waals surface area contributed by atoms with Crippen LogP contribution in [0.1, 0.15) is 24.0 Å². The number of nitrogens with one attached hydrogen (secondary N) is 3. The number of aryl methyl sites for hydroxylation is 1. The fourth-order valence-corrected chi connectivity index (χ4v) is 3.28. The molecule has 0 spiro atoms. The molecule has 1 aliphatic rings. The second kappa shape index (κ2) is 9.59. The maximum absolute atomic E-state index is 5.77. The number of ether oxygens (including phenoxy) is 2. The molecule has 1 fully saturated rings. The average molecular weight is 358 g/mol. The molecule has 0 radical (unpaired) electrons. The SMILES string of the molecule is CN=C(NCCCOC1CCOC1)NCCc1c[nH]c2c(C)cccc12. The molecule has 1 atom stereocenters. The fraction of sp³-hybridized carbons (Fsp3) is 0.550. The molecule has 142 valence electrons. The smallest absolute Gasteiger partial charge is 0.190 e. The van der Waals surface area contributed by atoms with Crippen molar-refractivity contribution in [3.8, 4) is 0 Å². The number of hydrogen-bond acceptors (Lipinski definition) is 3. The lowest BCUT2D eigenvalue weighted by molar-refractivity contribution is 0.0420. The van der Waals surface area contributed by atoms with Gasteiger partial charge >= 0.3 is 0 Å². The summed E-state index contributed by atoms with van der Waals surface area (Å²) in [6, 6.07) is 6.43. The second-order valence-corrected chi connectivity index (χ2v) is 6.70. The number of fused-ring (bicyclic) bond motifs is 1. The van der Waals surface area contributed by atoms with Crippen molar-refractivity contribution in [3.05, 3.63) is 35.5 Å². The number of nitrogens with zero attached hydrogens (tertiary/aromatic N) is 1. The van der Waals surface area contributed by atoms with Crippen molar-refractivity contribution >= 4 is 16.9 Å². The zero-order valence-electron chi connectivity index (χ0n) is 15.8. The molecule has 26 heavy (non-hydrogen) atoms. The Bertz CT molecular complexity index is 720. The summed E-state index contributed by atoms with van der Waals surface area (Å²) in [5, 5.41) is 8.03. The third-order valence-electron chi connectivity index (χ3n) is 4.77. The van der Waals surface area contributed by atoms with Crippen LogP contribution in [0.25, 0.3) is 10.9 Å². The topological polar surface area (TPSA) is 70.7 Å². The first-order valence-electron chi connectivity index (χ1n) is 9.47. The number of guanidine groups is 1. The first-order chi connectivity index (χ1) is 12.8. The summed E-state index contributed by atoms with van der Waals surface area (Å²) in [7, 11) is 1.80. The van der Waals surface area contributed by atoms with Gasteiger partial charge in [-0.2, -0.15) is 0 Å². The summed E-state index contributed by atoms with van der Waals surface area (Å²) < 4.78 is 11.1. The molecular formula is C20H30N4O2. The van der Waals surface area contributed by atoms with Crippen molar-refractivity contribution in [3.63, 3.8) is 0 Å². The Balaban J connectivity index is 1.35. The third kappa shape index (κ3) is 4.99. The predicted molar refractivity (Wildman–Crippen MR) is 106 cm³/mol. The van der Waals surface area contributed by atoms with Crippen LogP contribution in [0, 0.1) is 6.92 Å². The zero-order valence-corrected chi connectivity index (χ0v) is 15.8. The fourth-order valence-electron chi connectivity index (χ4n) is 3.28. The molecule has 2 heterocycles. The number of H-pyrrole nitrogens is 1. The lowest BCUT2D eigenvalue weighted by Gasteiger charge is -2.13. The molecule has 0 saturated carbocycles. The molecule has 1 unspecified atom stereocenters. The van der Waals surface area contributed by atoms with Crippen LogP contribution in [0.5, 0.6) is 0 Å². The Kier molecular flexibility index (Phi) is 6.91. The Morgan fingerprint density at radius 2 is 2.23 bits per heavy atom. The van der Waals surface area contributed by atoms with Gasteiger partial charge in [0.05, 0.1) is 12.7 Å². The maximum Gasteiger partial charge on any atom is 0.190 e. The van der Waals surface area contributed by atoms with Crippen molar-refractivity contribution in [1.82, 2.24) is 15.6 Å². The molecule has 2 aromatic rings. The van der Waals surface area contributed by atoms with Gasteiger partial charge in [-0.25, -0.2) is 0 Å². The number of benzene rings is 1. The lowest BCUT2D eigenvalue weighted by atomic mass is 10.1. The van der Waals surface area contributed by atoms with E-state index < -0.39 is 0 Å². The molecule has 0 amide bonds. The molecular weight excluding hydrogens is 328 g/mol. The van der Waals surface area contributed by atoms with Gasteiger partial charge in [-0.3, -0.25) is 4.99 Å². The number of rotatable bonds is 8. The first-order valence-corrected chi connectivity index (χ1v) is 9.47. The Hall–Kier alpha value is -2.05. The minimum absolute atomic E-state index is 0.284. The van der Waals surface area contributed by atoms with Crippen LogP contribution in [-0.2, 0) is 15.9 Å². The highest BCUT2D eigenvalue weighted by molar-refractivity contribution is 5.86. The van der Waals surface area contributed by atoms with Gasteiger partial charge < -0.3 is 25.1 Å². The minimum atomic E-state index is 0.284. The Morgan fingerprint density at radius 1 is 1.35 bits per heavy atom. The first kappa shape index (κ1) is 18.7. The van der Waals surface area contributed by atoms with Crippen LogP contribution in [0.2, 0.25) is 0 Å². The second-order valence-electron chi connectivity index (χ2n) is 6.70. The number of aromatic amines is 1. The van der Waals surface area contributed by atoms with Gasteiger partial charge in [0.25, 0.3) is 0 Å². The van der Waals surface area contributed by atoms with E-state index in [0.29, 0.717) is 0 Å². The molecule has 0 bridgehead atoms. The van der Waals surface area contributed by atoms with Crippen LogP contribution < -0.4 is 10.6 Å². The van der Waals surface area contributed by atoms with Gasteiger partial charge in [-0.05, 0) is 37.3 Å². The van der Waals surface area contributed by atoms with E-state index in [1.54, 1.807) is 7.05 Å². The van der Waals surface area contributed by atoms with Crippen molar-refractivity contribution in [2.24, 2.45) is 4.99 Å². The number of para-hydroxylation sites is 1. The van der Waals surface area contributed by atoms with E-state index in [4.69, 9.17) is 9.47 Å². The van der Waals surface area contributed by atoms with Crippen molar-refractivity contribution in [2.45, 2.75) is 32.3 Å². The molecule has 1 aromatic heterocycles. The zero-order chi connectivity index (χ0) is 18.2. The monoisotopic (exact) mass is 358 g/mol. The quantitative estimate of drug-likeness (QED) is 0.385. The van der Waals surface area contributed by atoms with Crippen LogP contribution in [0.4, 0.5) is 0 Å². The summed E-state index contributed by atoms with van der Waals surface area (Å²) >= 11 is 0. The molecule has 3 N–H and O–H groups in total. The van der Waals surface area contributed by atoms with Crippen molar-refractivity contribution < 1.29 is 9.47 Å². The van der Waals surface area contributed by atoms with Crippen LogP contribution >= 0.6 is 0 Å². The Morgan fingerprint density at radius 3 is 3.04 bits per heavy atom. The number of aromatic nitrogens is 1. The average Bonchev–Trinajstić information content (AvgIpc) is 3.31. The summed E-state index contributed by atoms with van der Waals surface area (Å²) in [6.07, 6.45) is 5.32. The standard InChI is InChI=1S/C20H30N4O2/c1-15-5-3-6-18-16(13-24-19(15)18)7-10-23-20(21-2)22-9-4-11-26-17-8-12-25-14-17/h3,5-6,13,17,24H,4,7-12,14H2,1-2H3,(H2,21,22,23). The normalized spacial score (nSPS) is 17.8. The maximum atomic E-state index is 5.77. The number of hydrogen-bond donors (Lipinski definition) is 3. The highest BCUT2D eigenvalue weighted by Crippen LogP contribution is 2.21. The van der Waals surface area contributed by atoms with E-state index in [-0.39, 0.29) is 6.10 Å². The highest BCUT2D eigenvalue weighted by atomic mass is 16.5. The van der Waals surface area contributed by atoms with Gasteiger partial charge in [0.2, 0.25) is 0 Å². The molecule has 3 rings (SSSR count). The third-order valence-corrected chi connectivity index (χ3v) is 4.77. The van der Waals surface area contributed by atoms with E-state index in [1.807, 2.05) is 0 Å². The number of aliphatic imine (C=N–C) groups is 1. The van der Waals surface area contributed by atoms with Crippen molar-refractivity contribution in [2.75, 3.05) is 40.0 Å². The molecule has 1 saturated heterocycles. The minimum Gasteiger partial charge on any atom is -0.379 e. The molecule has 0 aliphatic carbocycles. The predicted octanol–water partition coefficient (Wildman–Crippen LogP) is 2.38. The van der Waals surface area contributed by atoms with Crippen molar-refractivity contribution in [1.29, 1.82) is 0 Å². The van der Waals surface area contributed by atoms with E-state index in [9.17, 15) is 0 Å². The molecule has 6 nitrogen and oxygen atoms in total. The van der Waals surface area contributed by atoms with Gasteiger partial charge in [-0.1, -0.05) is 18.2 Å². The van der Waals surface area contributed by atoms with E-state index in [2.05, 4.69) is 51.9 Å².